The molecule has 0 amide bonds. The number of fused-ring (bicyclic) bond motifs is 18. The normalized spacial score (nSPS) is 26.2. The lowest BCUT2D eigenvalue weighted by Crippen LogP contribution is -2.08. The van der Waals surface area contributed by atoms with Gasteiger partial charge >= 0.3 is 0 Å². The summed E-state index contributed by atoms with van der Waals surface area (Å²) in [6.07, 6.45) is 27.1. The molecule has 9 rings (SSSR count). The van der Waals surface area contributed by atoms with Crippen molar-refractivity contribution in [2.24, 2.45) is 12.5 Å². The molecule has 8 bridgehead atoms. The SMILES string of the molecule is Cn1c2nc3nc(nc4[nH]c(nc5nc(nc1c1c2C=CC(C)(F)C=C1)C1=C5C=CC(C)(F)C=C1)c1c4C=CC(C)(F)C=C1)C1=C3C=CC(C)(C)C=C1. The van der Waals surface area contributed by atoms with Gasteiger partial charge in [-0.3, -0.25) is 0 Å². The first kappa shape index (κ1) is 32.9. The number of H-pyrrole nitrogens is 1. The molecule has 0 fully saturated rings. The van der Waals surface area contributed by atoms with Crippen LogP contribution in [0.25, 0.3) is 69.2 Å². The summed E-state index contributed by atoms with van der Waals surface area (Å²) in [5.41, 5.74) is 1.47. The zero-order valence-corrected chi connectivity index (χ0v) is 30.0. The number of rotatable bonds is 0. The number of nitrogens with one attached hydrogen (secondary N) is 1. The Morgan fingerprint density at radius 1 is 0.434 bits per heavy atom. The van der Waals surface area contributed by atoms with E-state index in [4.69, 9.17) is 29.9 Å². The molecule has 264 valence electrons. The Labute approximate surface area is 303 Å². The minimum atomic E-state index is -1.74. The van der Waals surface area contributed by atoms with Crippen LogP contribution < -0.4 is 0 Å². The Bertz CT molecular complexity index is 2500. The van der Waals surface area contributed by atoms with Gasteiger partial charge in [0.1, 0.15) is 39.6 Å². The molecule has 3 unspecified atom stereocenters. The highest BCUT2D eigenvalue weighted by molar-refractivity contribution is 6.02. The molecule has 2 aliphatic heterocycles. The number of alkyl halides is 3. The van der Waals surface area contributed by atoms with Crippen LogP contribution in [0.1, 0.15) is 80.2 Å². The molecular weight excluding hydrogens is 674 g/mol. The van der Waals surface area contributed by atoms with Crippen LogP contribution in [-0.2, 0) is 7.05 Å². The van der Waals surface area contributed by atoms with Gasteiger partial charge in [-0.1, -0.05) is 74.6 Å². The summed E-state index contributed by atoms with van der Waals surface area (Å²) in [6.45, 7) is 8.62. The van der Waals surface area contributed by atoms with Gasteiger partial charge in [0.15, 0.2) is 23.3 Å². The summed E-state index contributed by atoms with van der Waals surface area (Å²) in [4.78, 5) is 33.6. The summed E-state index contributed by atoms with van der Waals surface area (Å²) in [6, 6.07) is 0. The van der Waals surface area contributed by atoms with E-state index < -0.39 is 17.0 Å². The van der Waals surface area contributed by atoms with E-state index in [1.165, 1.54) is 57.2 Å². The number of aryl methyl sites for hydroxylation is 1. The second-order valence-corrected chi connectivity index (χ2v) is 15.2. The minimum absolute atomic E-state index is 0.260. The number of aromatic nitrogens is 8. The van der Waals surface area contributed by atoms with Crippen molar-refractivity contribution in [1.82, 2.24) is 39.5 Å². The van der Waals surface area contributed by atoms with Crippen LogP contribution in [0.2, 0.25) is 0 Å². The van der Waals surface area contributed by atoms with Gasteiger partial charge in [0.2, 0.25) is 0 Å². The third-order valence-corrected chi connectivity index (χ3v) is 10.1. The number of aromatic amines is 1. The molecule has 5 heterocycles. The topological polar surface area (TPSA) is 98.1 Å². The summed E-state index contributed by atoms with van der Waals surface area (Å²) in [7, 11) is 1.84. The Morgan fingerprint density at radius 2 is 0.755 bits per heavy atom. The molecule has 3 atom stereocenters. The average Bonchev–Trinajstić information content (AvgIpc) is 3.59. The molecule has 3 aromatic rings. The van der Waals surface area contributed by atoms with E-state index in [0.29, 0.717) is 67.6 Å². The molecule has 11 heteroatoms. The van der Waals surface area contributed by atoms with Crippen LogP contribution >= 0.6 is 0 Å². The molecule has 6 aliphatic rings. The zero-order chi connectivity index (χ0) is 37.1. The molecular formula is C42H35F3N8. The molecule has 0 aromatic carbocycles. The quantitative estimate of drug-likeness (QED) is 0.250. The van der Waals surface area contributed by atoms with Gasteiger partial charge in [-0.15, -0.1) is 0 Å². The van der Waals surface area contributed by atoms with Gasteiger partial charge in [0, 0.05) is 57.0 Å². The second-order valence-electron chi connectivity index (χ2n) is 15.2. The molecule has 1 N–H and O–H groups in total. The molecule has 0 saturated carbocycles. The summed E-state index contributed by atoms with van der Waals surface area (Å²) in [5.74, 6) is 1.38. The van der Waals surface area contributed by atoms with Gasteiger partial charge < -0.3 is 9.55 Å². The highest BCUT2D eigenvalue weighted by Crippen LogP contribution is 2.39. The van der Waals surface area contributed by atoms with Crippen LogP contribution in [0, 0.1) is 5.41 Å². The van der Waals surface area contributed by atoms with Crippen LogP contribution in [0.5, 0.6) is 0 Å². The van der Waals surface area contributed by atoms with E-state index in [9.17, 15) is 0 Å². The molecule has 4 aliphatic carbocycles. The van der Waals surface area contributed by atoms with Crippen molar-refractivity contribution >= 4 is 69.2 Å². The van der Waals surface area contributed by atoms with Crippen molar-refractivity contribution in [3.8, 4) is 0 Å². The zero-order valence-electron chi connectivity index (χ0n) is 30.0. The van der Waals surface area contributed by atoms with Crippen molar-refractivity contribution in [3.05, 3.63) is 118 Å². The first-order chi connectivity index (χ1) is 25.1. The fourth-order valence-corrected chi connectivity index (χ4v) is 6.95. The minimum Gasteiger partial charge on any atom is -0.324 e. The van der Waals surface area contributed by atoms with Crippen molar-refractivity contribution in [1.29, 1.82) is 0 Å². The summed E-state index contributed by atoms with van der Waals surface area (Å²) >= 11 is 0. The summed E-state index contributed by atoms with van der Waals surface area (Å²) in [5, 5.41) is 0. The Hall–Kier alpha value is -5.97. The van der Waals surface area contributed by atoms with Gasteiger partial charge in [0.25, 0.3) is 0 Å². The van der Waals surface area contributed by atoms with Crippen LogP contribution in [0.4, 0.5) is 13.2 Å². The van der Waals surface area contributed by atoms with Crippen molar-refractivity contribution in [3.63, 3.8) is 0 Å². The monoisotopic (exact) mass is 708 g/mol. The molecule has 0 spiro atoms. The lowest BCUT2D eigenvalue weighted by molar-refractivity contribution is 0.328. The Morgan fingerprint density at radius 3 is 1.15 bits per heavy atom. The molecule has 53 heavy (non-hydrogen) atoms. The number of hydrogen-bond donors (Lipinski definition) is 1. The van der Waals surface area contributed by atoms with Gasteiger partial charge in [-0.05, 0) is 57.2 Å². The maximum atomic E-state index is 15.5. The summed E-state index contributed by atoms with van der Waals surface area (Å²) < 4.78 is 48.2. The lowest BCUT2D eigenvalue weighted by atomic mass is 9.93. The van der Waals surface area contributed by atoms with E-state index in [1.54, 1.807) is 36.5 Å². The van der Waals surface area contributed by atoms with E-state index >= 15 is 13.2 Å². The smallest absolute Gasteiger partial charge is 0.164 e. The maximum absolute atomic E-state index is 15.5. The predicted octanol–water partition coefficient (Wildman–Crippen LogP) is 9.27. The molecule has 3 aromatic heterocycles. The predicted molar refractivity (Wildman–Crippen MR) is 205 cm³/mol. The van der Waals surface area contributed by atoms with Crippen molar-refractivity contribution in [2.45, 2.75) is 51.6 Å². The first-order valence-electron chi connectivity index (χ1n) is 17.4. The van der Waals surface area contributed by atoms with E-state index in [2.05, 4.69) is 31.0 Å². The second kappa shape index (κ2) is 11.0. The van der Waals surface area contributed by atoms with Crippen LogP contribution in [0.15, 0.2) is 72.9 Å². The third kappa shape index (κ3) is 5.62. The van der Waals surface area contributed by atoms with E-state index in [0.717, 1.165) is 11.1 Å². The van der Waals surface area contributed by atoms with Gasteiger partial charge in [0.05, 0.1) is 0 Å². The standard InChI is InChI=1S/C42H35F3N8/c1-39(2)15-7-23-24(8-16-39)35-49-31(23)46-32-25-9-17-40(3,43)18-10-26(25)33(47-32)48-34-27-11-19-41(4,44)20-12-28(27)36(50-34)52-38-30-14-22-42(5,45)21-13-29(30)37(51-35)53(38)6/h7-22H,1-6H3,(H,46,47,48,49,50,51,52). The lowest BCUT2D eigenvalue weighted by Gasteiger charge is -2.12. The Kier molecular flexibility index (Phi) is 6.84. The number of hydrogen-bond acceptors (Lipinski definition) is 6. The van der Waals surface area contributed by atoms with E-state index in [1.807, 2.05) is 23.8 Å². The molecule has 8 nitrogen and oxygen atoms in total. The van der Waals surface area contributed by atoms with Crippen molar-refractivity contribution < 1.29 is 13.2 Å². The maximum Gasteiger partial charge on any atom is 0.164 e. The van der Waals surface area contributed by atoms with Crippen LogP contribution in [-0.4, -0.2) is 56.5 Å². The number of nitrogens with zero attached hydrogens (tertiary/aromatic N) is 7. The highest BCUT2D eigenvalue weighted by Gasteiger charge is 2.30. The van der Waals surface area contributed by atoms with Gasteiger partial charge in [-0.2, -0.15) is 0 Å². The fourth-order valence-electron chi connectivity index (χ4n) is 6.95. The molecule has 0 saturated heterocycles. The Balaban J connectivity index is 1.47. The van der Waals surface area contributed by atoms with E-state index in [-0.39, 0.29) is 17.1 Å². The van der Waals surface area contributed by atoms with Gasteiger partial charge in [-0.25, -0.2) is 43.1 Å². The average molecular weight is 709 g/mol. The number of halogens is 3. The third-order valence-electron chi connectivity index (χ3n) is 10.1. The largest absolute Gasteiger partial charge is 0.324 e. The fraction of sp³-hybridized carbons (Fsp3) is 0.238. The first-order valence-corrected chi connectivity index (χ1v) is 17.4. The highest BCUT2D eigenvalue weighted by atomic mass is 19.2. The van der Waals surface area contributed by atoms with Crippen molar-refractivity contribution in [2.75, 3.05) is 0 Å². The number of allylic oxidation sites excluding steroid dienone is 16. The van der Waals surface area contributed by atoms with Crippen LogP contribution in [0.3, 0.4) is 0 Å². The molecule has 0 radical (unpaired) electrons.